The Morgan fingerprint density at radius 3 is 1.54 bits per heavy atom. The van der Waals surface area contributed by atoms with Crippen molar-refractivity contribution >= 4 is 14.3 Å². The molecule has 0 fully saturated rings. The van der Waals surface area contributed by atoms with Gasteiger partial charge in [0.2, 0.25) is 0 Å². The zero-order valence-electron chi connectivity index (χ0n) is 30.7. The van der Waals surface area contributed by atoms with Crippen LogP contribution in [0.15, 0.2) is 35.9 Å². The lowest BCUT2D eigenvalue weighted by molar-refractivity contribution is -0.461. The van der Waals surface area contributed by atoms with E-state index in [1.165, 1.54) is 65.0 Å². The minimum atomic E-state index is -8.68. The van der Waals surface area contributed by atoms with Crippen LogP contribution in [0, 0.1) is 5.92 Å². The van der Waals surface area contributed by atoms with E-state index in [2.05, 4.69) is 0 Å². The van der Waals surface area contributed by atoms with Crippen molar-refractivity contribution < 1.29 is 98.4 Å². The number of esters is 1. The summed E-state index contributed by atoms with van der Waals surface area (Å²) in [6, 6.07) is 4.38. The van der Waals surface area contributed by atoms with Crippen molar-refractivity contribution in [2.75, 3.05) is 19.8 Å². The van der Waals surface area contributed by atoms with Crippen LogP contribution >= 0.6 is 0 Å². The monoisotopic (exact) mass is 868 g/mol. The van der Waals surface area contributed by atoms with E-state index in [4.69, 9.17) is 13.9 Å². The molecule has 1 aromatic rings. The number of aliphatic hydroxyl groups excluding tert-OH is 1. The van der Waals surface area contributed by atoms with Crippen LogP contribution in [0.1, 0.15) is 66.6 Å². The first-order valence-corrected chi connectivity index (χ1v) is 18.9. The minimum Gasteiger partial charge on any atom is -0.491 e. The molecule has 1 aromatic carbocycles. The Morgan fingerprint density at radius 1 is 0.696 bits per heavy atom. The number of rotatable bonds is 21. The lowest BCUT2D eigenvalue weighted by atomic mass is 9.88. The highest BCUT2D eigenvalue weighted by Gasteiger charge is 2.95. The Kier molecular flexibility index (Phi) is 16.1. The highest BCUT2D eigenvalue weighted by molar-refractivity contribution is 6.76. The number of hydrogen-bond donors (Lipinski definition) is 1. The number of carbonyl (C=O) groups excluding carboxylic acids is 1. The Morgan fingerprint density at radius 2 is 1.12 bits per heavy atom. The van der Waals surface area contributed by atoms with Crippen molar-refractivity contribution in [3.05, 3.63) is 41.5 Å². The Bertz CT molecular complexity index is 1470. The predicted octanol–water partition coefficient (Wildman–Crippen LogP) is 11.4. The second kappa shape index (κ2) is 17.6. The SMILES string of the molecule is CCOC(=O)/C(C)=C/[C@@H](C)[C@H](O)c1ccc(OCCO[Si](CCC(F)(F)C(F)(F)C(F)(F)C(F)(F)C(F)(F)C(F)(F)C(F)(F)C(F)(F)F)(C(C)C)C(C)C)cc1. The van der Waals surface area contributed by atoms with Crippen molar-refractivity contribution in [3.8, 4) is 5.75 Å². The molecule has 0 radical (unpaired) electrons. The number of benzene rings is 1. The van der Waals surface area contributed by atoms with Gasteiger partial charge < -0.3 is 19.0 Å². The third-order valence-electron chi connectivity index (χ3n) is 9.12. The van der Waals surface area contributed by atoms with Crippen LogP contribution in [0.2, 0.25) is 17.1 Å². The van der Waals surface area contributed by atoms with E-state index in [1.807, 2.05) is 0 Å². The Balaban J connectivity index is 3.23. The van der Waals surface area contributed by atoms with Crippen molar-refractivity contribution in [2.24, 2.45) is 5.92 Å². The van der Waals surface area contributed by atoms with Crippen LogP contribution in [0.5, 0.6) is 5.75 Å². The van der Waals surface area contributed by atoms with Gasteiger partial charge in [-0.2, -0.15) is 74.6 Å². The van der Waals surface area contributed by atoms with E-state index in [1.54, 1.807) is 13.8 Å². The number of alkyl halides is 17. The molecule has 326 valence electrons. The maximum atomic E-state index is 14.8. The Hall–Kier alpha value is -2.82. The molecule has 1 rings (SSSR count). The summed E-state index contributed by atoms with van der Waals surface area (Å²) >= 11 is 0. The Labute approximate surface area is 311 Å². The van der Waals surface area contributed by atoms with Gasteiger partial charge in [-0.15, -0.1) is 0 Å². The van der Waals surface area contributed by atoms with Crippen LogP contribution in [0.4, 0.5) is 74.6 Å². The minimum absolute atomic E-state index is 0.140. The number of halogens is 17. The van der Waals surface area contributed by atoms with E-state index >= 15 is 0 Å². The highest BCUT2D eigenvalue weighted by Crippen LogP contribution is 2.64. The van der Waals surface area contributed by atoms with Crippen molar-refractivity contribution in [1.82, 2.24) is 0 Å². The van der Waals surface area contributed by atoms with Crippen LogP contribution < -0.4 is 4.74 Å². The van der Waals surface area contributed by atoms with Crippen LogP contribution in [-0.4, -0.2) is 86.8 Å². The molecule has 0 aliphatic heterocycles. The molecular weight excluding hydrogens is 827 g/mol. The molecule has 0 aliphatic rings. The molecule has 0 spiro atoms. The summed E-state index contributed by atoms with van der Waals surface area (Å²) in [5.74, 6) is -57.7. The average Bonchev–Trinajstić information content (AvgIpc) is 3.06. The summed E-state index contributed by atoms with van der Waals surface area (Å²) in [5, 5.41) is 10.7. The van der Waals surface area contributed by atoms with E-state index in [0.717, 1.165) is 0 Å². The molecule has 0 saturated carbocycles. The van der Waals surface area contributed by atoms with E-state index in [-0.39, 0.29) is 24.5 Å². The van der Waals surface area contributed by atoms with E-state index < -0.39 is 104 Å². The van der Waals surface area contributed by atoms with Crippen LogP contribution in [0.3, 0.4) is 0 Å². The zero-order valence-corrected chi connectivity index (χ0v) is 31.7. The highest BCUT2D eigenvalue weighted by atomic mass is 28.4. The molecule has 5 nitrogen and oxygen atoms in total. The lowest BCUT2D eigenvalue weighted by Crippen LogP contribution is -2.74. The molecule has 56 heavy (non-hydrogen) atoms. The van der Waals surface area contributed by atoms with Crippen molar-refractivity contribution in [2.45, 2.75) is 126 Å². The van der Waals surface area contributed by atoms with Gasteiger partial charge in [-0.1, -0.05) is 52.8 Å². The summed E-state index contributed by atoms with van der Waals surface area (Å²) in [4.78, 5) is 11.8. The fourth-order valence-corrected chi connectivity index (χ4v) is 10.1. The first-order chi connectivity index (χ1) is 25.0. The van der Waals surface area contributed by atoms with Gasteiger partial charge in [-0.25, -0.2) is 4.79 Å². The first-order valence-electron chi connectivity index (χ1n) is 16.6. The molecule has 0 amide bonds. The second-order valence-corrected chi connectivity index (χ2v) is 18.6. The molecule has 1 N–H and O–H groups in total. The van der Waals surface area contributed by atoms with Crippen LogP contribution in [0.25, 0.3) is 0 Å². The maximum Gasteiger partial charge on any atom is 0.460 e. The van der Waals surface area contributed by atoms with E-state index in [9.17, 15) is 84.5 Å². The summed E-state index contributed by atoms with van der Waals surface area (Å²) in [6.45, 7) is 9.30. The van der Waals surface area contributed by atoms with Crippen molar-refractivity contribution in [1.29, 1.82) is 0 Å². The van der Waals surface area contributed by atoms with Gasteiger partial charge in [0.1, 0.15) is 12.4 Å². The molecule has 0 unspecified atom stereocenters. The molecule has 0 aromatic heterocycles. The fourth-order valence-electron chi connectivity index (χ4n) is 5.61. The second-order valence-electron chi connectivity index (χ2n) is 13.6. The standard InChI is InChI=1S/C33H41F17O5Si/c1-8-53-25(52)21(7)17-20(6)24(51)22-9-11-23(12-10-22)54-14-15-55-56(18(2)3,19(4)5)16-13-26(34,35)27(36,37)28(38,39)29(40,41)30(42,43)31(44,45)32(46,47)33(48,49)50/h9-12,17-20,24,51H,8,13-16H2,1-7H3/b21-17+/t20-,24+/m1/s1. The molecule has 2 atom stereocenters. The smallest absolute Gasteiger partial charge is 0.460 e. The van der Waals surface area contributed by atoms with Crippen LogP contribution in [-0.2, 0) is 14.0 Å². The van der Waals surface area contributed by atoms with Gasteiger partial charge in [0.05, 0.1) is 19.3 Å². The normalized spacial score (nSPS) is 16.0. The zero-order chi connectivity index (χ0) is 44.3. The fraction of sp³-hybridized carbons (Fsp3) is 0.727. The van der Waals surface area contributed by atoms with Gasteiger partial charge in [-0.05, 0) is 48.7 Å². The maximum absolute atomic E-state index is 14.8. The summed E-state index contributed by atoms with van der Waals surface area (Å²) < 4.78 is 250. The molecule has 0 heterocycles. The third kappa shape index (κ3) is 9.55. The molecule has 0 bridgehead atoms. The molecular formula is C33H41F17O5Si. The summed E-state index contributed by atoms with van der Waals surface area (Å²) in [6.07, 6.45) is -9.96. The number of ether oxygens (including phenoxy) is 2. The molecule has 0 aliphatic carbocycles. The number of carbonyl (C=O) groups is 1. The summed E-state index contributed by atoms with van der Waals surface area (Å²) in [7, 11) is -3.95. The van der Waals surface area contributed by atoms with Gasteiger partial charge in [-0.3, -0.25) is 0 Å². The third-order valence-corrected chi connectivity index (χ3v) is 14.8. The lowest BCUT2D eigenvalue weighted by Gasteiger charge is -2.44. The quantitative estimate of drug-likeness (QED) is 0.0438. The van der Waals surface area contributed by atoms with Gasteiger partial charge in [0.25, 0.3) is 0 Å². The molecule has 23 heteroatoms. The summed E-state index contributed by atoms with van der Waals surface area (Å²) in [5.41, 5.74) is -1.07. The van der Waals surface area contributed by atoms with Gasteiger partial charge in [0, 0.05) is 17.9 Å². The largest absolute Gasteiger partial charge is 0.491 e. The van der Waals surface area contributed by atoms with E-state index in [0.29, 0.717) is 5.56 Å². The first kappa shape index (κ1) is 51.2. The topological polar surface area (TPSA) is 65.0 Å². The van der Waals surface area contributed by atoms with Gasteiger partial charge >= 0.3 is 53.6 Å². The van der Waals surface area contributed by atoms with Crippen molar-refractivity contribution in [3.63, 3.8) is 0 Å². The average molecular weight is 869 g/mol. The number of hydrogen-bond acceptors (Lipinski definition) is 5. The number of aliphatic hydroxyl groups is 1. The predicted molar refractivity (Wildman–Crippen MR) is 168 cm³/mol. The van der Waals surface area contributed by atoms with Gasteiger partial charge in [0.15, 0.2) is 8.32 Å². The molecule has 0 saturated heterocycles.